The van der Waals surface area contributed by atoms with Crippen molar-refractivity contribution in [1.82, 2.24) is 9.46 Å². The summed E-state index contributed by atoms with van der Waals surface area (Å²) in [5, 5.41) is 0. The van der Waals surface area contributed by atoms with Crippen molar-refractivity contribution in [2.24, 2.45) is 0 Å². The molecule has 2 aliphatic heterocycles. The maximum Gasteiger partial charge on any atom is 0.737 e. The molecular formula is C18H17BF3N3. The Hall–Kier alpha value is -2.57. The van der Waals surface area contributed by atoms with E-state index in [1.54, 1.807) is 39.8 Å². The lowest BCUT2D eigenvalue weighted by Gasteiger charge is -2.33. The molecule has 3 nitrogen and oxygen atoms in total. The molecular weight excluding hydrogens is 326 g/mol. The molecule has 0 bridgehead atoms. The predicted molar refractivity (Wildman–Crippen MR) is 92.2 cm³/mol. The molecule has 0 fully saturated rings. The molecule has 2 aliphatic rings. The van der Waals surface area contributed by atoms with Gasteiger partial charge in [0, 0.05) is 36.0 Å². The van der Waals surface area contributed by atoms with E-state index < -0.39 is 12.8 Å². The Bertz CT molecular complexity index is 1030. The minimum Gasteiger partial charge on any atom is -0.393 e. The Labute approximate surface area is 143 Å². The zero-order valence-corrected chi connectivity index (χ0v) is 14.4. The summed E-state index contributed by atoms with van der Waals surface area (Å²) >= 11 is 0. The fourth-order valence-electron chi connectivity index (χ4n) is 4.12. The van der Waals surface area contributed by atoms with Crippen LogP contribution in [0.25, 0.3) is 5.57 Å². The SMILES string of the molecule is CC1=CC(C)=[N+]2C1=C(c1cncc(F)c1)c1c(C)cc(C)n1[B-]2(F)F. The van der Waals surface area contributed by atoms with Crippen molar-refractivity contribution >= 4 is 18.3 Å². The Morgan fingerprint density at radius 2 is 1.80 bits per heavy atom. The first-order valence-corrected chi connectivity index (χ1v) is 8.11. The second-order valence-corrected chi connectivity index (χ2v) is 6.73. The summed E-state index contributed by atoms with van der Waals surface area (Å²) in [6.45, 7) is 2.94. The minimum atomic E-state index is -4.01. The number of halogens is 3. The summed E-state index contributed by atoms with van der Waals surface area (Å²) in [4.78, 5) is 3.92. The highest BCUT2D eigenvalue weighted by Crippen LogP contribution is 2.43. The van der Waals surface area contributed by atoms with E-state index in [-0.39, 0.29) is 0 Å². The number of aryl methyl sites for hydroxylation is 2. The number of hydrogen-bond donors (Lipinski definition) is 0. The van der Waals surface area contributed by atoms with Gasteiger partial charge in [-0.05, 0) is 44.2 Å². The molecule has 0 saturated carbocycles. The molecule has 2 aromatic heterocycles. The monoisotopic (exact) mass is 343 g/mol. The summed E-state index contributed by atoms with van der Waals surface area (Å²) < 4.78 is 46.8. The molecule has 2 aromatic rings. The van der Waals surface area contributed by atoms with E-state index in [4.69, 9.17) is 0 Å². The fraction of sp³-hybridized carbons (Fsp3) is 0.222. The highest BCUT2D eigenvalue weighted by molar-refractivity contribution is 6.58. The molecule has 25 heavy (non-hydrogen) atoms. The van der Waals surface area contributed by atoms with Gasteiger partial charge in [-0.2, -0.15) is 0 Å². The molecule has 0 saturated heterocycles. The van der Waals surface area contributed by atoms with Crippen molar-refractivity contribution in [3.63, 3.8) is 0 Å². The van der Waals surface area contributed by atoms with Gasteiger partial charge < -0.3 is 17.6 Å². The number of pyridine rings is 1. The van der Waals surface area contributed by atoms with E-state index in [0.717, 1.165) is 26.3 Å². The molecule has 0 unspecified atom stereocenters. The van der Waals surface area contributed by atoms with Gasteiger partial charge in [-0.3, -0.25) is 4.98 Å². The molecule has 0 atom stereocenters. The predicted octanol–water partition coefficient (Wildman–Crippen LogP) is 4.07. The van der Waals surface area contributed by atoms with E-state index in [1.165, 1.54) is 12.3 Å². The Morgan fingerprint density at radius 3 is 2.48 bits per heavy atom. The largest absolute Gasteiger partial charge is 0.737 e. The quantitative estimate of drug-likeness (QED) is 0.715. The molecule has 128 valence electrons. The smallest absolute Gasteiger partial charge is 0.393 e. The van der Waals surface area contributed by atoms with E-state index in [9.17, 15) is 4.39 Å². The van der Waals surface area contributed by atoms with Crippen LogP contribution in [0.3, 0.4) is 0 Å². The van der Waals surface area contributed by atoms with Gasteiger partial charge in [0.05, 0.1) is 11.8 Å². The number of allylic oxidation sites excluding steroid dienone is 2. The molecule has 4 heterocycles. The number of fused-ring (bicyclic) bond motifs is 2. The van der Waals surface area contributed by atoms with Crippen LogP contribution in [0, 0.1) is 19.7 Å². The van der Waals surface area contributed by atoms with Crippen molar-refractivity contribution < 1.29 is 17.5 Å². The van der Waals surface area contributed by atoms with Crippen LogP contribution in [0.5, 0.6) is 0 Å². The molecule has 4 rings (SSSR count). The number of nitrogens with zero attached hydrogens (tertiary/aromatic N) is 3. The number of rotatable bonds is 1. The average Bonchev–Trinajstić information content (AvgIpc) is 2.97. The van der Waals surface area contributed by atoms with Gasteiger partial charge in [-0.15, -0.1) is 0 Å². The topological polar surface area (TPSA) is 20.8 Å². The van der Waals surface area contributed by atoms with Crippen LogP contribution < -0.4 is 0 Å². The first-order valence-electron chi connectivity index (χ1n) is 8.11. The van der Waals surface area contributed by atoms with Gasteiger partial charge in [-0.25, -0.2) is 4.39 Å². The third kappa shape index (κ3) is 2.01. The van der Waals surface area contributed by atoms with E-state index in [1.807, 2.05) is 0 Å². The second-order valence-electron chi connectivity index (χ2n) is 6.73. The second kappa shape index (κ2) is 4.97. The molecule has 0 radical (unpaired) electrons. The third-order valence-electron chi connectivity index (χ3n) is 4.93. The maximum atomic E-state index is 15.4. The van der Waals surface area contributed by atoms with Crippen LogP contribution in [-0.2, 0) is 0 Å². The normalized spacial score (nSPS) is 18.4. The highest BCUT2D eigenvalue weighted by Gasteiger charge is 2.55. The van der Waals surface area contributed by atoms with E-state index >= 15 is 8.63 Å². The molecule has 0 aliphatic carbocycles. The third-order valence-corrected chi connectivity index (χ3v) is 4.93. The molecule has 0 spiro atoms. The van der Waals surface area contributed by atoms with Crippen molar-refractivity contribution in [2.45, 2.75) is 27.7 Å². The van der Waals surface area contributed by atoms with Gasteiger partial charge in [0.25, 0.3) is 0 Å². The van der Waals surface area contributed by atoms with Crippen molar-refractivity contribution in [3.8, 4) is 0 Å². The lowest BCUT2D eigenvalue weighted by Crippen LogP contribution is -2.51. The zero-order chi connectivity index (χ0) is 18.1. The lowest BCUT2D eigenvalue weighted by atomic mass is 9.84. The standard InChI is InChI=1S/C18H17BF3N3/c1-10-5-12(3)24-17(10)16(14-7-15(20)9-23-8-14)18-11(2)6-13(4)25(18)19(24,21)22/h5-9H,1-4H3. The Balaban J connectivity index is 2.19. The first kappa shape index (κ1) is 15.9. The van der Waals surface area contributed by atoms with Crippen molar-refractivity contribution in [3.05, 3.63) is 70.2 Å². The van der Waals surface area contributed by atoms with Gasteiger partial charge in [0.15, 0.2) is 5.70 Å². The fourth-order valence-corrected chi connectivity index (χ4v) is 4.12. The Morgan fingerprint density at radius 1 is 1.08 bits per heavy atom. The van der Waals surface area contributed by atoms with Crippen LogP contribution in [0.4, 0.5) is 13.0 Å². The van der Waals surface area contributed by atoms with Crippen LogP contribution >= 0.6 is 0 Å². The van der Waals surface area contributed by atoms with Crippen molar-refractivity contribution in [2.75, 3.05) is 0 Å². The summed E-state index contributed by atoms with van der Waals surface area (Å²) in [5.41, 5.74) is 4.40. The van der Waals surface area contributed by atoms with Gasteiger partial charge in [0.1, 0.15) is 11.5 Å². The van der Waals surface area contributed by atoms with Crippen LogP contribution in [0.1, 0.15) is 36.4 Å². The summed E-state index contributed by atoms with van der Waals surface area (Å²) in [5.74, 6) is -0.493. The number of aromatic nitrogens is 2. The molecule has 7 heteroatoms. The lowest BCUT2D eigenvalue weighted by molar-refractivity contribution is -0.363. The average molecular weight is 343 g/mol. The van der Waals surface area contributed by atoms with Crippen molar-refractivity contribution in [1.29, 1.82) is 0 Å². The number of hydrogen-bond acceptors (Lipinski definition) is 1. The highest BCUT2D eigenvalue weighted by atomic mass is 19.2. The van der Waals surface area contributed by atoms with Crippen LogP contribution in [0.2, 0.25) is 0 Å². The van der Waals surface area contributed by atoms with Gasteiger partial charge in [0.2, 0.25) is 0 Å². The first-order chi connectivity index (χ1) is 11.7. The minimum absolute atomic E-state index is 0.434. The van der Waals surface area contributed by atoms with Gasteiger partial charge >= 0.3 is 6.97 Å². The van der Waals surface area contributed by atoms with E-state index in [2.05, 4.69) is 4.98 Å². The molecule has 0 amide bonds. The maximum absolute atomic E-state index is 15.4. The Kier molecular flexibility index (Phi) is 3.17. The summed E-state index contributed by atoms with van der Waals surface area (Å²) in [7, 11) is 0. The van der Waals surface area contributed by atoms with Gasteiger partial charge in [-0.1, -0.05) is 0 Å². The van der Waals surface area contributed by atoms with Crippen LogP contribution in [0.15, 0.2) is 41.9 Å². The molecule has 0 aromatic carbocycles. The zero-order valence-electron chi connectivity index (χ0n) is 14.4. The van der Waals surface area contributed by atoms with Crippen LogP contribution in [-0.4, -0.2) is 26.6 Å². The summed E-state index contributed by atoms with van der Waals surface area (Å²) in [6, 6.07) is 3.09. The molecule has 0 N–H and O–H groups in total. The summed E-state index contributed by atoms with van der Waals surface area (Å²) in [6.07, 6.45) is 4.38. The van der Waals surface area contributed by atoms with E-state index in [0.29, 0.717) is 33.9 Å².